The molecule has 5 heteroatoms. The monoisotopic (exact) mass is 1080 g/mol. The molecule has 0 aromatic rings. The Kier molecular flexibility index (Phi) is 67.2. The van der Waals surface area contributed by atoms with Gasteiger partial charge in [0.1, 0.15) is 6.61 Å². The molecule has 1 unspecified atom stereocenters. The number of aliphatic hydroxyl groups is 1. The molecule has 0 fully saturated rings. The van der Waals surface area contributed by atoms with Crippen LogP contribution in [0.25, 0.3) is 0 Å². The van der Waals surface area contributed by atoms with E-state index in [0.717, 1.165) is 38.5 Å². The van der Waals surface area contributed by atoms with E-state index in [1.807, 2.05) is 0 Å². The van der Waals surface area contributed by atoms with E-state index in [1.54, 1.807) is 0 Å². The largest absolute Gasteiger partial charge is 0.462 e. The maximum atomic E-state index is 12.4. The number of carbonyl (C=O) groups is 2. The zero-order valence-corrected chi connectivity index (χ0v) is 52.5. The highest BCUT2D eigenvalue weighted by Gasteiger charge is 2.16. The normalized spacial score (nSPS) is 12.2. The van der Waals surface area contributed by atoms with E-state index in [4.69, 9.17) is 9.47 Å². The van der Waals surface area contributed by atoms with Gasteiger partial charge >= 0.3 is 11.9 Å². The van der Waals surface area contributed by atoms with Gasteiger partial charge in [-0.15, -0.1) is 0 Å². The lowest BCUT2D eigenvalue weighted by atomic mass is 10.0. The van der Waals surface area contributed by atoms with Crippen LogP contribution >= 0.6 is 0 Å². The second kappa shape index (κ2) is 68.7. The summed E-state index contributed by atoms with van der Waals surface area (Å²) in [6.45, 7) is 4.20. The summed E-state index contributed by atoms with van der Waals surface area (Å²) in [5.41, 5.74) is 0. The first-order chi connectivity index (χ1) is 38.1. The second-order valence-electron chi connectivity index (χ2n) is 24.3. The Bertz CT molecular complexity index is 1180. The summed E-state index contributed by atoms with van der Waals surface area (Å²) in [6.07, 6.45) is 89.4. The molecule has 0 saturated carbocycles. The lowest BCUT2D eigenvalue weighted by Crippen LogP contribution is -2.28. The number of hydrogen-bond acceptors (Lipinski definition) is 5. The van der Waals surface area contributed by atoms with Crippen LogP contribution in [0.4, 0.5) is 0 Å². The van der Waals surface area contributed by atoms with Crippen molar-refractivity contribution >= 4 is 11.9 Å². The van der Waals surface area contributed by atoms with Gasteiger partial charge in [-0.3, -0.25) is 9.59 Å². The van der Waals surface area contributed by atoms with Crippen LogP contribution in [-0.2, 0) is 19.1 Å². The summed E-state index contributed by atoms with van der Waals surface area (Å²) >= 11 is 0. The summed E-state index contributed by atoms with van der Waals surface area (Å²) in [7, 11) is 0. The third-order valence-electron chi connectivity index (χ3n) is 16.5. The third-order valence-corrected chi connectivity index (χ3v) is 16.5. The van der Waals surface area contributed by atoms with Crippen LogP contribution in [-0.4, -0.2) is 36.4 Å². The Morgan fingerprint density at radius 3 is 0.766 bits per heavy atom. The Hall–Kier alpha value is -1.62. The van der Waals surface area contributed by atoms with Crippen molar-refractivity contribution in [1.29, 1.82) is 0 Å². The minimum Gasteiger partial charge on any atom is -0.462 e. The van der Waals surface area contributed by atoms with Crippen molar-refractivity contribution in [3.05, 3.63) is 24.3 Å². The quantitative estimate of drug-likeness (QED) is 0.0373. The molecule has 1 atom stereocenters. The van der Waals surface area contributed by atoms with Gasteiger partial charge in [-0.2, -0.15) is 0 Å². The molecule has 0 aromatic carbocycles. The minimum absolute atomic E-state index is 0.0588. The summed E-state index contributed by atoms with van der Waals surface area (Å²) in [4.78, 5) is 24.6. The van der Waals surface area contributed by atoms with Crippen molar-refractivity contribution in [2.45, 2.75) is 412 Å². The van der Waals surface area contributed by atoms with Gasteiger partial charge in [0, 0.05) is 12.8 Å². The van der Waals surface area contributed by atoms with Gasteiger partial charge in [-0.05, 0) is 44.9 Å². The Balaban J connectivity index is 3.36. The van der Waals surface area contributed by atoms with Gasteiger partial charge in [0.2, 0.25) is 0 Å². The van der Waals surface area contributed by atoms with Crippen molar-refractivity contribution in [1.82, 2.24) is 0 Å². The molecule has 0 rings (SSSR count). The number of carbonyl (C=O) groups excluding carboxylic acids is 2. The van der Waals surface area contributed by atoms with Gasteiger partial charge in [0.25, 0.3) is 0 Å². The van der Waals surface area contributed by atoms with Crippen molar-refractivity contribution in [3.63, 3.8) is 0 Å². The molecule has 0 radical (unpaired) electrons. The molecule has 0 bridgehead atoms. The Labute approximate surface area is 483 Å². The molecule has 0 aliphatic carbocycles. The average Bonchev–Trinajstić information content (AvgIpc) is 3.43. The van der Waals surface area contributed by atoms with Gasteiger partial charge in [0.15, 0.2) is 6.10 Å². The zero-order valence-electron chi connectivity index (χ0n) is 52.5. The number of allylic oxidation sites excluding steroid dienone is 4. The molecule has 0 spiro atoms. The summed E-state index contributed by atoms with van der Waals surface area (Å²) in [6, 6.07) is 0. The number of unbranched alkanes of at least 4 members (excludes halogenated alkanes) is 55. The maximum absolute atomic E-state index is 12.4. The number of esters is 2. The molecule has 77 heavy (non-hydrogen) atoms. The first-order valence-corrected chi connectivity index (χ1v) is 35.4. The Morgan fingerprint density at radius 1 is 0.299 bits per heavy atom. The molecule has 0 amide bonds. The highest BCUT2D eigenvalue weighted by Crippen LogP contribution is 2.19. The number of aliphatic hydroxyl groups excluding tert-OH is 1. The van der Waals surface area contributed by atoms with E-state index in [1.165, 1.54) is 340 Å². The summed E-state index contributed by atoms with van der Waals surface area (Å²) in [5.74, 6) is -0.565. The molecule has 0 aromatic heterocycles. The first kappa shape index (κ1) is 75.4. The predicted molar refractivity (Wildman–Crippen MR) is 339 cm³/mol. The van der Waals surface area contributed by atoms with Crippen LogP contribution in [0, 0.1) is 0 Å². The van der Waals surface area contributed by atoms with Crippen LogP contribution in [0.15, 0.2) is 24.3 Å². The molecular formula is C72H138O5. The van der Waals surface area contributed by atoms with Crippen LogP contribution in [0.2, 0.25) is 0 Å². The number of hydrogen-bond donors (Lipinski definition) is 1. The van der Waals surface area contributed by atoms with E-state index >= 15 is 0 Å². The van der Waals surface area contributed by atoms with E-state index in [-0.39, 0.29) is 25.2 Å². The fourth-order valence-electron chi connectivity index (χ4n) is 11.2. The van der Waals surface area contributed by atoms with Gasteiger partial charge in [-0.25, -0.2) is 0 Å². The van der Waals surface area contributed by atoms with E-state index < -0.39 is 6.10 Å². The molecular weight excluding hydrogens is 945 g/mol. The molecule has 0 saturated heterocycles. The lowest BCUT2D eigenvalue weighted by molar-refractivity contribution is -0.161. The van der Waals surface area contributed by atoms with Gasteiger partial charge < -0.3 is 14.6 Å². The number of rotatable bonds is 67. The van der Waals surface area contributed by atoms with Crippen molar-refractivity contribution in [2.75, 3.05) is 13.2 Å². The van der Waals surface area contributed by atoms with Crippen molar-refractivity contribution in [2.24, 2.45) is 0 Å². The van der Waals surface area contributed by atoms with Gasteiger partial charge in [-0.1, -0.05) is 372 Å². The van der Waals surface area contributed by atoms with Crippen LogP contribution in [0.5, 0.6) is 0 Å². The van der Waals surface area contributed by atoms with E-state index in [0.29, 0.717) is 12.8 Å². The molecule has 0 aliphatic rings. The zero-order chi connectivity index (χ0) is 55.5. The highest BCUT2D eigenvalue weighted by atomic mass is 16.6. The third kappa shape index (κ3) is 66.8. The van der Waals surface area contributed by atoms with E-state index in [2.05, 4.69) is 38.2 Å². The van der Waals surface area contributed by atoms with E-state index in [9.17, 15) is 14.7 Å². The fraction of sp³-hybridized carbons (Fsp3) is 0.917. The topological polar surface area (TPSA) is 72.8 Å². The summed E-state index contributed by atoms with van der Waals surface area (Å²) < 4.78 is 10.8. The highest BCUT2D eigenvalue weighted by molar-refractivity contribution is 5.70. The molecule has 456 valence electrons. The fourth-order valence-corrected chi connectivity index (χ4v) is 11.2. The summed E-state index contributed by atoms with van der Waals surface area (Å²) in [5, 5.41) is 9.70. The lowest BCUT2D eigenvalue weighted by Gasteiger charge is -2.15. The minimum atomic E-state index is -0.769. The predicted octanol–water partition coefficient (Wildman–Crippen LogP) is 24.4. The van der Waals surface area contributed by atoms with Crippen molar-refractivity contribution in [3.8, 4) is 0 Å². The SMILES string of the molecule is CCCCCCC/C=C\C/C=C\CCCCCCCCCCCCCCCCCC(=O)OC(CO)COC(=O)CCCCCCCCCCCCCCCCCCCCCCCCCCCCCCCCCCCCCC. The molecule has 1 N–H and O–H groups in total. The van der Waals surface area contributed by atoms with Crippen LogP contribution in [0.3, 0.4) is 0 Å². The first-order valence-electron chi connectivity index (χ1n) is 35.4. The molecule has 5 nitrogen and oxygen atoms in total. The van der Waals surface area contributed by atoms with Crippen LogP contribution in [0.1, 0.15) is 406 Å². The Morgan fingerprint density at radius 2 is 0.519 bits per heavy atom. The molecule has 0 heterocycles. The number of ether oxygens (including phenoxy) is 2. The molecule has 0 aliphatic heterocycles. The van der Waals surface area contributed by atoms with Gasteiger partial charge in [0.05, 0.1) is 6.61 Å². The maximum Gasteiger partial charge on any atom is 0.306 e. The second-order valence-corrected chi connectivity index (χ2v) is 24.3. The standard InChI is InChI=1S/C72H138O5/c1-3-5-7-9-11-13-15-17-19-21-23-25-27-29-31-32-33-34-35-36-37-38-39-41-42-44-46-48-50-52-54-56-58-60-62-64-66-71(74)76-69-70(68-73)77-72(75)67-65-63-61-59-57-55-53-51-49-47-45-43-40-30-28-26-24-22-20-18-16-14-12-10-8-6-4-2/h16,18,22,24,70,73H,3-15,17,19-21,23,25-69H2,1-2H3/b18-16-,24-22-. The smallest absolute Gasteiger partial charge is 0.306 e. The van der Waals surface area contributed by atoms with Crippen LogP contribution < -0.4 is 0 Å². The van der Waals surface area contributed by atoms with Crippen molar-refractivity contribution < 1.29 is 24.2 Å². The average molecular weight is 1080 g/mol.